The standard InChI is InChI=1S/C9H18N2O/c10-6-3-1-2-4-7-11-9-5-8-12-9/h5,8-9,11H,1-4,6-7,10H2. The van der Waals surface area contributed by atoms with Gasteiger partial charge in [0.2, 0.25) is 0 Å². The molecule has 0 bridgehead atoms. The van der Waals surface area contributed by atoms with E-state index in [1.807, 2.05) is 6.08 Å². The van der Waals surface area contributed by atoms with Crippen molar-refractivity contribution in [1.82, 2.24) is 5.32 Å². The second-order valence-corrected chi connectivity index (χ2v) is 3.04. The number of hydrogen-bond donors (Lipinski definition) is 2. The van der Waals surface area contributed by atoms with Crippen molar-refractivity contribution in [2.75, 3.05) is 13.1 Å². The fraction of sp³-hybridized carbons (Fsp3) is 0.778. The predicted octanol–water partition coefficient (Wildman–Crippen LogP) is 0.965. The van der Waals surface area contributed by atoms with Gasteiger partial charge in [0.25, 0.3) is 0 Å². The van der Waals surface area contributed by atoms with Gasteiger partial charge < -0.3 is 10.5 Å². The van der Waals surface area contributed by atoms with Crippen molar-refractivity contribution < 1.29 is 4.74 Å². The molecule has 1 atom stereocenters. The highest BCUT2D eigenvalue weighted by Gasteiger charge is 2.07. The first-order valence-corrected chi connectivity index (χ1v) is 4.69. The molecule has 1 heterocycles. The molecule has 70 valence electrons. The fourth-order valence-electron chi connectivity index (χ4n) is 1.14. The van der Waals surface area contributed by atoms with Crippen LogP contribution in [0.15, 0.2) is 12.3 Å². The zero-order valence-corrected chi connectivity index (χ0v) is 7.46. The van der Waals surface area contributed by atoms with Crippen molar-refractivity contribution in [1.29, 1.82) is 0 Å². The van der Waals surface area contributed by atoms with Crippen molar-refractivity contribution in [2.45, 2.75) is 31.9 Å². The van der Waals surface area contributed by atoms with E-state index in [2.05, 4.69) is 5.32 Å². The molecule has 0 amide bonds. The molecule has 0 saturated carbocycles. The summed E-state index contributed by atoms with van der Waals surface area (Å²) in [4.78, 5) is 0. The molecule has 0 radical (unpaired) electrons. The van der Waals surface area contributed by atoms with Crippen LogP contribution in [0.3, 0.4) is 0 Å². The summed E-state index contributed by atoms with van der Waals surface area (Å²) >= 11 is 0. The van der Waals surface area contributed by atoms with Crippen LogP contribution in [0.5, 0.6) is 0 Å². The van der Waals surface area contributed by atoms with E-state index in [0.29, 0.717) is 0 Å². The lowest BCUT2D eigenvalue weighted by atomic mass is 10.2. The molecule has 1 rings (SSSR count). The largest absolute Gasteiger partial charge is 0.479 e. The minimum absolute atomic E-state index is 0.180. The maximum atomic E-state index is 5.38. The number of hydrogen-bond acceptors (Lipinski definition) is 3. The minimum Gasteiger partial charge on any atom is -0.479 e. The molecule has 0 fully saturated rings. The van der Waals surface area contributed by atoms with Crippen LogP contribution in [0, 0.1) is 0 Å². The Bertz CT molecular complexity index is 136. The van der Waals surface area contributed by atoms with Crippen LogP contribution in [0.2, 0.25) is 0 Å². The van der Waals surface area contributed by atoms with Gasteiger partial charge >= 0.3 is 0 Å². The van der Waals surface area contributed by atoms with E-state index in [9.17, 15) is 0 Å². The monoisotopic (exact) mass is 170 g/mol. The van der Waals surface area contributed by atoms with E-state index in [4.69, 9.17) is 10.5 Å². The van der Waals surface area contributed by atoms with Crippen LogP contribution in [-0.4, -0.2) is 19.3 Å². The lowest BCUT2D eigenvalue weighted by Crippen LogP contribution is -2.33. The van der Waals surface area contributed by atoms with Gasteiger partial charge in [-0.25, -0.2) is 0 Å². The molecule has 3 N–H and O–H groups in total. The van der Waals surface area contributed by atoms with E-state index < -0.39 is 0 Å². The molecule has 0 aromatic rings. The highest BCUT2D eigenvalue weighted by Crippen LogP contribution is 2.03. The highest BCUT2D eigenvalue weighted by molar-refractivity contribution is 4.92. The topological polar surface area (TPSA) is 47.3 Å². The zero-order chi connectivity index (χ0) is 8.65. The molecule has 1 unspecified atom stereocenters. The first-order chi connectivity index (χ1) is 5.93. The smallest absolute Gasteiger partial charge is 0.171 e. The van der Waals surface area contributed by atoms with Gasteiger partial charge in [0.15, 0.2) is 6.23 Å². The zero-order valence-electron chi connectivity index (χ0n) is 7.46. The minimum atomic E-state index is 0.180. The Labute approximate surface area is 74.0 Å². The molecular formula is C9H18N2O. The van der Waals surface area contributed by atoms with Gasteiger partial charge in [-0.3, -0.25) is 5.32 Å². The summed E-state index contributed by atoms with van der Waals surface area (Å²) in [6.45, 7) is 1.86. The Balaban J connectivity index is 1.74. The van der Waals surface area contributed by atoms with Crippen LogP contribution in [0.25, 0.3) is 0 Å². The van der Waals surface area contributed by atoms with Gasteiger partial charge in [0, 0.05) is 6.08 Å². The maximum Gasteiger partial charge on any atom is 0.171 e. The Kier molecular flexibility index (Phi) is 4.80. The van der Waals surface area contributed by atoms with E-state index in [0.717, 1.165) is 19.5 Å². The summed E-state index contributed by atoms with van der Waals surface area (Å²) in [7, 11) is 0. The van der Waals surface area contributed by atoms with Crippen molar-refractivity contribution in [2.24, 2.45) is 5.73 Å². The van der Waals surface area contributed by atoms with Gasteiger partial charge in [-0.15, -0.1) is 0 Å². The molecular weight excluding hydrogens is 152 g/mol. The molecule has 0 aromatic heterocycles. The van der Waals surface area contributed by atoms with E-state index in [1.165, 1.54) is 19.3 Å². The quantitative estimate of drug-likeness (QED) is 0.560. The molecule has 0 aliphatic carbocycles. The van der Waals surface area contributed by atoms with Crippen molar-refractivity contribution >= 4 is 0 Å². The third-order valence-electron chi connectivity index (χ3n) is 1.95. The van der Waals surface area contributed by atoms with Crippen LogP contribution in [-0.2, 0) is 4.74 Å². The van der Waals surface area contributed by atoms with E-state index in [-0.39, 0.29) is 6.23 Å². The Morgan fingerprint density at radius 1 is 1.25 bits per heavy atom. The van der Waals surface area contributed by atoms with E-state index in [1.54, 1.807) is 6.26 Å². The first-order valence-electron chi connectivity index (χ1n) is 4.69. The molecule has 0 saturated heterocycles. The molecule has 1 aliphatic rings. The van der Waals surface area contributed by atoms with Crippen LogP contribution in [0.1, 0.15) is 25.7 Å². The highest BCUT2D eigenvalue weighted by atomic mass is 16.5. The maximum absolute atomic E-state index is 5.38. The average Bonchev–Trinajstić information content (AvgIpc) is 2.00. The second kappa shape index (κ2) is 6.03. The summed E-state index contributed by atoms with van der Waals surface area (Å²) in [5, 5.41) is 3.26. The third kappa shape index (κ3) is 3.74. The first kappa shape index (κ1) is 9.55. The number of nitrogens with one attached hydrogen (secondary N) is 1. The average molecular weight is 170 g/mol. The Morgan fingerprint density at radius 2 is 2.00 bits per heavy atom. The molecule has 3 heteroatoms. The molecule has 0 aromatic carbocycles. The van der Waals surface area contributed by atoms with Crippen molar-refractivity contribution in [3.8, 4) is 0 Å². The number of unbranched alkanes of at least 4 members (excludes halogenated alkanes) is 3. The van der Waals surface area contributed by atoms with Gasteiger partial charge in [-0.1, -0.05) is 12.8 Å². The SMILES string of the molecule is NCCCCCCNC1C=CO1. The number of ether oxygens (including phenoxy) is 1. The summed E-state index contributed by atoms with van der Waals surface area (Å²) in [5.74, 6) is 0. The summed E-state index contributed by atoms with van der Waals surface area (Å²) in [5.41, 5.74) is 5.38. The summed E-state index contributed by atoms with van der Waals surface area (Å²) in [6, 6.07) is 0. The Morgan fingerprint density at radius 3 is 2.58 bits per heavy atom. The molecule has 12 heavy (non-hydrogen) atoms. The molecule has 3 nitrogen and oxygen atoms in total. The van der Waals surface area contributed by atoms with E-state index >= 15 is 0 Å². The Hall–Kier alpha value is -0.540. The fourth-order valence-corrected chi connectivity index (χ4v) is 1.14. The third-order valence-corrected chi connectivity index (χ3v) is 1.95. The van der Waals surface area contributed by atoms with Crippen LogP contribution < -0.4 is 11.1 Å². The summed E-state index contributed by atoms with van der Waals surface area (Å²) < 4.78 is 5.05. The second-order valence-electron chi connectivity index (χ2n) is 3.04. The predicted molar refractivity (Wildman–Crippen MR) is 49.5 cm³/mol. The van der Waals surface area contributed by atoms with Crippen LogP contribution >= 0.6 is 0 Å². The van der Waals surface area contributed by atoms with Crippen molar-refractivity contribution in [3.05, 3.63) is 12.3 Å². The summed E-state index contributed by atoms with van der Waals surface area (Å²) in [6.07, 6.45) is 8.79. The molecule has 0 spiro atoms. The van der Waals surface area contributed by atoms with Crippen LogP contribution in [0.4, 0.5) is 0 Å². The van der Waals surface area contributed by atoms with Gasteiger partial charge in [0.1, 0.15) is 0 Å². The van der Waals surface area contributed by atoms with Gasteiger partial charge in [-0.2, -0.15) is 0 Å². The number of nitrogens with two attached hydrogens (primary N) is 1. The molecule has 1 aliphatic heterocycles. The van der Waals surface area contributed by atoms with Gasteiger partial charge in [-0.05, 0) is 25.9 Å². The lowest BCUT2D eigenvalue weighted by molar-refractivity contribution is 0.109. The van der Waals surface area contributed by atoms with Crippen molar-refractivity contribution in [3.63, 3.8) is 0 Å². The number of rotatable bonds is 7. The van der Waals surface area contributed by atoms with Gasteiger partial charge in [0.05, 0.1) is 6.26 Å². The lowest BCUT2D eigenvalue weighted by Gasteiger charge is -2.20. The normalized spacial score (nSPS) is 20.2.